The van der Waals surface area contributed by atoms with E-state index < -0.39 is 0 Å². The lowest BCUT2D eigenvalue weighted by Crippen LogP contribution is -2.36. The molecule has 1 aliphatic rings. The van der Waals surface area contributed by atoms with Crippen LogP contribution in [0.2, 0.25) is 0 Å². The predicted molar refractivity (Wildman–Crippen MR) is 84.3 cm³/mol. The highest BCUT2D eigenvalue weighted by Crippen LogP contribution is 2.30. The van der Waals surface area contributed by atoms with Crippen molar-refractivity contribution in [3.63, 3.8) is 0 Å². The standard InChI is InChI=1S/C17H17N3O2/c1-2-19-17(21)20-16-8-6-13-10-12(5-7-15(13)22-16)14-4-3-9-18-11-14/h3-5,7-11H,2,6H2,1H3,(H2,19,20,21). The number of carbonyl (C=O) groups is 1. The van der Waals surface area contributed by atoms with Gasteiger partial charge in [-0.15, -0.1) is 0 Å². The molecule has 0 atom stereocenters. The first-order valence-electron chi connectivity index (χ1n) is 7.22. The van der Waals surface area contributed by atoms with Gasteiger partial charge in [0.15, 0.2) is 5.88 Å². The van der Waals surface area contributed by atoms with Crippen LogP contribution >= 0.6 is 0 Å². The highest BCUT2D eigenvalue weighted by molar-refractivity contribution is 5.75. The first-order valence-corrected chi connectivity index (χ1v) is 7.22. The van der Waals surface area contributed by atoms with Gasteiger partial charge in [0.2, 0.25) is 0 Å². The van der Waals surface area contributed by atoms with Crippen molar-refractivity contribution in [2.45, 2.75) is 13.3 Å². The molecule has 0 spiro atoms. The number of ether oxygens (including phenoxy) is 1. The first-order chi connectivity index (χ1) is 10.8. The van der Waals surface area contributed by atoms with Crippen LogP contribution in [-0.4, -0.2) is 17.6 Å². The molecule has 5 nitrogen and oxygen atoms in total. The number of fused-ring (bicyclic) bond motifs is 1. The molecule has 2 heterocycles. The molecule has 112 valence electrons. The summed E-state index contributed by atoms with van der Waals surface area (Å²) in [6.07, 6.45) is 6.17. The molecule has 0 unspecified atom stereocenters. The van der Waals surface area contributed by atoms with Crippen molar-refractivity contribution in [1.82, 2.24) is 15.6 Å². The molecule has 2 amide bonds. The van der Waals surface area contributed by atoms with Crippen LogP contribution < -0.4 is 15.4 Å². The van der Waals surface area contributed by atoms with Crippen LogP contribution in [-0.2, 0) is 6.42 Å². The Labute approximate surface area is 129 Å². The topological polar surface area (TPSA) is 63.2 Å². The van der Waals surface area contributed by atoms with Crippen LogP contribution in [0.25, 0.3) is 11.1 Å². The fourth-order valence-electron chi connectivity index (χ4n) is 2.31. The van der Waals surface area contributed by atoms with Gasteiger partial charge in [-0.1, -0.05) is 12.1 Å². The number of hydrogen-bond donors (Lipinski definition) is 2. The van der Waals surface area contributed by atoms with E-state index in [1.54, 1.807) is 6.20 Å². The largest absolute Gasteiger partial charge is 0.441 e. The normalized spacial score (nSPS) is 12.7. The summed E-state index contributed by atoms with van der Waals surface area (Å²) in [5.41, 5.74) is 3.26. The molecular weight excluding hydrogens is 278 g/mol. The van der Waals surface area contributed by atoms with Crippen molar-refractivity contribution >= 4 is 6.03 Å². The van der Waals surface area contributed by atoms with Crippen molar-refractivity contribution in [3.05, 3.63) is 60.2 Å². The Morgan fingerprint density at radius 1 is 1.32 bits per heavy atom. The van der Waals surface area contributed by atoms with Gasteiger partial charge in [-0.25, -0.2) is 4.79 Å². The van der Waals surface area contributed by atoms with Crippen LogP contribution in [0.15, 0.2) is 54.7 Å². The molecule has 0 bridgehead atoms. The maximum atomic E-state index is 11.5. The molecule has 0 aliphatic carbocycles. The minimum absolute atomic E-state index is 0.260. The summed E-state index contributed by atoms with van der Waals surface area (Å²) in [6, 6.07) is 9.68. The number of amides is 2. The summed E-state index contributed by atoms with van der Waals surface area (Å²) in [5, 5.41) is 5.36. The second-order valence-corrected chi connectivity index (χ2v) is 4.92. The molecule has 2 N–H and O–H groups in total. The van der Waals surface area contributed by atoms with E-state index >= 15 is 0 Å². The summed E-state index contributed by atoms with van der Waals surface area (Å²) in [6.45, 7) is 2.44. The van der Waals surface area contributed by atoms with Crippen LogP contribution in [0.3, 0.4) is 0 Å². The second kappa shape index (κ2) is 6.30. The molecule has 3 rings (SSSR count). The lowest BCUT2D eigenvalue weighted by molar-refractivity contribution is 0.237. The van der Waals surface area contributed by atoms with Crippen molar-refractivity contribution in [3.8, 4) is 16.9 Å². The van der Waals surface area contributed by atoms with Gasteiger partial charge >= 0.3 is 6.03 Å². The Hall–Kier alpha value is -2.82. The highest BCUT2D eigenvalue weighted by atomic mass is 16.5. The highest BCUT2D eigenvalue weighted by Gasteiger charge is 2.15. The lowest BCUT2D eigenvalue weighted by Gasteiger charge is -2.19. The summed E-state index contributed by atoms with van der Waals surface area (Å²) in [4.78, 5) is 15.7. The molecule has 5 heteroatoms. The summed E-state index contributed by atoms with van der Waals surface area (Å²) in [5.74, 6) is 1.23. The lowest BCUT2D eigenvalue weighted by atomic mass is 10.0. The number of urea groups is 1. The third-order valence-corrected chi connectivity index (χ3v) is 3.36. The van der Waals surface area contributed by atoms with Gasteiger partial charge in [0.05, 0.1) is 0 Å². The Balaban J connectivity index is 1.76. The van der Waals surface area contributed by atoms with Crippen molar-refractivity contribution in [2.24, 2.45) is 0 Å². The molecule has 2 aromatic rings. The van der Waals surface area contributed by atoms with Crippen molar-refractivity contribution in [2.75, 3.05) is 6.54 Å². The Bertz CT molecular complexity index is 711. The van der Waals surface area contributed by atoms with E-state index in [2.05, 4.69) is 21.7 Å². The van der Waals surface area contributed by atoms with E-state index in [4.69, 9.17) is 4.74 Å². The molecular formula is C17H17N3O2. The minimum atomic E-state index is -0.260. The molecule has 22 heavy (non-hydrogen) atoms. The Morgan fingerprint density at radius 2 is 2.23 bits per heavy atom. The monoisotopic (exact) mass is 295 g/mol. The van der Waals surface area contributed by atoms with Gasteiger partial charge in [-0.2, -0.15) is 0 Å². The molecule has 1 aliphatic heterocycles. The summed E-state index contributed by atoms with van der Waals surface area (Å²) in [7, 11) is 0. The SMILES string of the molecule is CCNC(=O)NC1=CCc2cc(-c3cccnc3)ccc2O1. The van der Waals surface area contributed by atoms with Gasteiger partial charge in [0, 0.05) is 24.5 Å². The van der Waals surface area contributed by atoms with Crippen LogP contribution in [0, 0.1) is 0 Å². The number of hydrogen-bond acceptors (Lipinski definition) is 3. The van der Waals surface area contributed by atoms with Crippen LogP contribution in [0.5, 0.6) is 5.75 Å². The Morgan fingerprint density at radius 3 is 3.00 bits per heavy atom. The van der Waals surface area contributed by atoms with Gasteiger partial charge in [0.1, 0.15) is 5.75 Å². The number of rotatable bonds is 3. The van der Waals surface area contributed by atoms with E-state index in [9.17, 15) is 4.79 Å². The number of allylic oxidation sites excluding steroid dienone is 1. The third-order valence-electron chi connectivity index (χ3n) is 3.36. The van der Waals surface area contributed by atoms with Crippen LogP contribution in [0.4, 0.5) is 4.79 Å². The first kappa shape index (κ1) is 14.1. The minimum Gasteiger partial charge on any atom is -0.441 e. The zero-order valence-corrected chi connectivity index (χ0v) is 12.3. The predicted octanol–water partition coefficient (Wildman–Crippen LogP) is 2.84. The maximum absolute atomic E-state index is 11.5. The number of nitrogens with zero attached hydrogens (tertiary/aromatic N) is 1. The van der Waals surface area contributed by atoms with Crippen molar-refractivity contribution < 1.29 is 9.53 Å². The zero-order valence-electron chi connectivity index (χ0n) is 12.3. The molecule has 0 saturated heterocycles. The molecule has 0 fully saturated rings. The Kier molecular flexibility index (Phi) is 4.05. The van der Waals surface area contributed by atoms with Gasteiger partial charge in [-0.05, 0) is 48.7 Å². The number of nitrogens with one attached hydrogen (secondary N) is 2. The van der Waals surface area contributed by atoms with E-state index in [1.807, 2.05) is 43.5 Å². The van der Waals surface area contributed by atoms with Gasteiger partial charge in [0.25, 0.3) is 0 Å². The third kappa shape index (κ3) is 3.09. The van der Waals surface area contributed by atoms with E-state index in [0.29, 0.717) is 18.8 Å². The molecule has 1 aromatic carbocycles. The smallest absolute Gasteiger partial charge is 0.321 e. The molecule has 1 aromatic heterocycles. The molecule has 0 saturated carbocycles. The van der Waals surface area contributed by atoms with Crippen molar-refractivity contribution in [1.29, 1.82) is 0 Å². The fraction of sp³-hybridized carbons (Fsp3) is 0.176. The fourth-order valence-corrected chi connectivity index (χ4v) is 2.31. The van der Waals surface area contributed by atoms with Gasteiger partial charge in [-0.3, -0.25) is 10.3 Å². The van der Waals surface area contributed by atoms with Gasteiger partial charge < -0.3 is 10.1 Å². The maximum Gasteiger partial charge on any atom is 0.321 e. The van der Waals surface area contributed by atoms with E-state index in [1.165, 1.54) is 0 Å². The van der Waals surface area contributed by atoms with E-state index in [0.717, 1.165) is 22.4 Å². The summed E-state index contributed by atoms with van der Waals surface area (Å²) >= 11 is 0. The number of benzene rings is 1. The van der Waals surface area contributed by atoms with Crippen LogP contribution in [0.1, 0.15) is 12.5 Å². The average Bonchev–Trinajstić information content (AvgIpc) is 2.55. The number of pyridine rings is 1. The molecule has 0 radical (unpaired) electrons. The number of carbonyl (C=O) groups excluding carboxylic acids is 1. The zero-order chi connectivity index (χ0) is 15.4. The second-order valence-electron chi connectivity index (χ2n) is 4.92. The number of aromatic nitrogens is 1. The van der Waals surface area contributed by atoms with E-state index in [-0.39, 0.29) is 6.03 Å². The summed E-state index contributed by atoms with van der Waals surface area (Å²) < 4.78 is 5.71. The quantitative estimate of drug-likeness (QED) is 0.915. The average molecular weight is 295 g/mol.